The van der Waals surface area contributed by atoms with Gasteiger partial charge in [0, 0.05) is 24.5 Å². The van der Waals surface area contributed by atoms with E-state index in [1.54, 1.807) is 6.20 Å². The standard InChI is InChI=1S/C17H19N3O/c1-12-4-2-3-5-13(12)11-19-17(21)16-10-15(8-9-18-16)20-14-6-7-14/h2-5,8-10,14H,6-7,11H2,1H3,(H,18,20)(H,19,21). The normalized spacial score (nSPS) is 13.8. The summed E-state index contributed by atoms with van der Waals surface area (Å²) in [7, 11) is 0. The van der Waals surface area contributed by atoms with Gasteiger partial charge in [-0.2, -0.15) is 0 Å². The predicted octanol–water partition coefficient (Wildman–Crippen LogP) is 2.89. The average Bonchev–Trinajstić information content (AvgIpc) is 3.30. The number of nitrogens with zero attached hydrogens (tertiary/aromatic N) is 1. The van der Waals surface area contributed by atoms with E-state index in [-0.39, 0.29) is 5.91 Å². The first kappa shape index (κ1) is 13.6. The molecule has 2 N–H and O–H groups in total. The number of pyridine rings is 1. The lowest BCUT2D eigenvalue weighted by atomic mass is 10.1. The maximum atomic E-state index is 12.2. The third-order valence-electron chi connectivity index (χ3n) is 3.64. The minimum Gasteiger partial charge on any atom is -0.382 e. The second-order valence-electron chi connectivity index (χ2n) is 5.46. The molecule has 1 aromatic carbocycles. The average molecular weight is 281 g/mol. The fourth-order valence-corrected chi connectivity index (χ4v) is 2.18. The zero-order valence-corrected chi connectivity index (χ0v) is 12.1. The summed E-state index contributed by atoms with van der Waals surface area (Å²) in [6.45, 7) is 2.56. The molecule has 1 saturated carbocycles. The highest BCUT2D eigenvalue weighted by molar-refractivity contribution is 5.93. The highest BCUT2D eigenvalue weighted by Gasteiger charge is 2.21. The van der Waals surface area contributed by atoms with Crippen LogP contribution in [0.25, 0.3) is 0 Å². The summed E-state index contributed by atoms with van der Waals surface area (Å²) in [5.41, 5.74) is 3.72. The van der Waals surface area contributed by atoms with E-state index in [4.69, 9.17) is 0 Å². The van der Waals surface area contributed by atoms with Crippen molar-refractivity contribution in [2.24, 2.45) is 0 Å². The van der Waals surface area contributed by atoms with Crippen LogP contribution in [0.3, 0.4) is 0 Å². The van der Waals surface area contributed by atoms with Crippen molar-refractivity contribution < 1.29 is 4.79 Å². The van der Waals surface area contributed by atoms with Crippen molar-refractivity contribution in [3.05, 3.63) is 59.4 Å². The molecule has 108 valence electrons. The number of hydrogen-bond acceptors (Lipinski definition) is 3. The lowest BCUT2D eigenvalue weighted by Gasteiger charge is -2.09. The van der Waals surface area contributed by atoms with Gasteiger partial charge < -0.3 is 10.6 Å². The smallest absolute Gasteiger partial charge is 0.270 e. The minimum absolute atomic E-state index is 0.141. The molecule has 0 atom stereocenters. The minimum atomic E-state index is -0.141. The van der Waals surface area contributed by atoms with Gasteiger partial charge in [0.25, 0.3) is 5.91 Å². The maximum Gasteiger partial charge on any atom is 0.270 e. The van der Waals surface area contributed by atoms with Crippen molar-refractivity contribution in [2.75, 3.05) is 5.32 Å². The van der Waals surface area contributed by atoms with Crippen molar-refractivity contribution in [2.45, 2.75) is 32.4 Å². The molecule has 1 aliphatic carbocycles. The van der Waals surface area contributed by atoms with E-state index in [1.165, 1.54) is 18.4 Å². The number of nitrogens with one attached hydrogen (secondary N) is 2. The van der Waals surface area contributed by atoms with Crippen LogP contribution in [0.15, 0.2) is 42.6 Å². The molecule has 4 nitrogen and oxygen atoms in total. The van der Waals surface area contributed by atoms with E-state index in [0.29, 0.717) is 18.3 Å². The van der Waals surface area contributed by atoms with Gasteiger partial charge in [0.1, 0.15) is 5.69 Å². The molecule has 21 heavy (non-hydrogen) atoms. The van der Waals surface area contributed by atoms with E-state index in [9.17, 15) is 4.79 Å². The number of aryl methyl sites for hydroxylation is 1. The topological polar surface area (TPSA) is 54.0 Å². The van der Waals surface area contributed by atoms with Gasteiger partial charge in [-0.05, 0) is 43.0 Å². The van der Waals surface area contributed by atoms with E-state index < -0.39 is 0 Å². The Kier molecular flexibility index (Phi) is 3.86. The molecule has 0 bridgehead atoms. The van der Waals surface area contributed by atoms with Gasteiger partial charge in [-0.1, -0.05) is 24.3 Å². The number of rotatable bonds is 5. The third kappa shape index (κ3) is 3.60. The molecular weight excluding hydrogens is 262 g/mol. The summed E-state index contributed by atoms with van der Waals surface area (Å²) in [4.78, 5) is 16.3. The van der Waals surface area contributed by atoms with Crippen LogP contribution in [-0.2, 0) is 6.54 Å². The van der Waals surface area contributed by atoms with Gasteiger partial charge >= 0.3 is 0 Å². The number of aromatic nitrogens is 1. The molecule has 0 aliphatic heterocycles. The fourth-order valence-electron chi connectivity index (χ4n) is 2.18. The zero-order chi connectivity index (χ0) is 14.7. The Bertz CT molecular complexity index is 650. The van der Waals surface area contributed by atoms with Gasteiger partial charge in [-0.15, -0.1) is 0 Å². The summed E-state index contributed by atoms with van der Waals surface area (Å²) in [6, 6.07) is 12.3. The van der Waals surface area contributed by atoms with E-state index in [0.717, 1.165) is 11.3 Å². The Balaban J connectivity index is 1.63. The maximum absolute atomic E-state index is 12.2. The van der Waals surface area contributed by atoms with Crippen molar-refractivity contribution in [3.8, 4) is 0 Å². The second kappa shape index (κ2) is 5.95. The number of carbonyl (C=O) groups excluding carboxylic acids is 1. The van der Waals surface area contributed by atoms with Gasteiger partial charge in [-0.3, -0.25) is 9.78 Å². The quantitative estimate of drug-likeness (QED) is 0.886. The first-order valence-electron chi connectivity index (χ1n) is 7.27. The van der Waals surface area contributed by atoms with Crippen LogP contribution >= 0.6 is 0 Å². The van der Waals surface area contributed by atoms with Crippen molar-refractivity contribution in [3.63, 3.8) is 0 Å². The van der Waals surface area contributed by atoms with Crippen LogP contribution in [0, 0.1) is 6.92 Å². The molecule has 1 heterocycles. The molecule has 2 aromatic rings. The molecule has 0 saturated heterocycles. The molecule has 1 aliphatic rings. The highest BCUT2D eigenvalue weighted by atomic mass is 16.1. The van der Waals surface area contributed by atoms with Crippen LogP contribution in [-0.4, -0.2) is 16.9 Å². The Morgan fingerprint density at radius 3 is 2.86 bits per heavy atom. The first-order valence-corrected chi connectivity index (χ1v) is 7.27. The summed E-state index contributed by atoms with van der Waals surface area (Å²) < 4.78 is 0. The van der Waals surface area contributed by atoms with Crippen molar-refractivity contribution in [1.82, 2.24) is 10.3 Å². The number of amides is 1. The van der Waals surface area contributed by atoms with Crippen LogP contribution in [0.2, 0.25) is 0 Å². The van der Waals surface area contributed by atoms with E-state index in [2.05, 4.69) is 15.6 Å². The number of anilines is 1. The zero-order valence-electron chi connectivity index (χ0n) is 12.1. The Morgan fingerprint density at radius 1 is 1.29 bits per heavy atom. The molecule has 1 aromatic heterocycles. The van der Waals surface area contributed by atoms with Crippen LogP contribution < -0.4 is 10.6 Å². The van der Waals surface area contributed by atoms with Crippen molar-refractivity contribution >= 4 is 11.6 Å². The van der Waals surface area contributed by atoms with Crippen LogP contribution in [0.4, 0.5) is 5.69 Å². The lowest BCUT2D eigenvalue weighted by molar-refractivity contribution is 0.0946. The van der Waals surface area contributed by atoms with E-state index in [1.807, 2.05) is 43.3 Å². The molecule has 0 spiro atoms. The fraction of sp³-hybridized carbons (Fsp3) is 0.294. The molecule has 0 unspecified atom stereocenters. The molecular formula is C17H19N3O. The first-order chi connectivity index (χ1) is 10.2. The number of benzene rings is 1. The lowest BCUT2D eigenvalue weighted by Crippen LogP contribution is -2.24. The van der Waals surface area contributed by atoms with Crippen molar-refractivity contribution in [1.29, 1.82) is 0 Å². The summed E-state index contributed by atoms with van der Waals surface area (Å²) in [6.07, 6.45) is 4.08. The Morgan fingerprint density at radius 2 is 2.10 bits per heavy atom. The highest BCUT2D eigenvalue weighted by Crippen LogP contribution is 2.24. The number of carbonyl (C=O) groups is 1. The molecule has 3 rings (SSSR count). The van der Waals surface area contributed by atoms with Crippen LogP contribution in [0.5, 0.6) is 0 Å². The summed E-state index contributed by atoms with van der Waals surface area (Å²) in [5, 5.41) is 6.30. The van der Waals surface area contributed by atoms with Crippen LogP contribution in [0.1, 0.15) is 34.5 Å². The van der Waals surface area contributed by atoms with Gasteiger partial charge in [0.2, 0.25) is 0 Å². The van der Waals surface area contributed by atoms with Gasteiger partial charge in [0.15, 0.2) is 0 Å². The molecule has 1 fully saturated rings. The Labute approximate surface area is 124 Å². The molecule has 4 heteroatoms. The third-order valence-corrected chi connectivity index (χ3v) is 3.64. The summed E-state index contributed by atoms with van der Waals surface area (Å²) >= 11 is 0. The second-order valence-corrected chi connectivity index (χ2v) is 5.46. The monoisotopic (exact) mass is 281 g/mol. The Hall–Kier alpha value is -2.36. The molecule has 0 radical (unpaired) electrons. The van der Waals surface area contributed by atoms with Gasteiger partial charge in [0.05, 0.1) is 0 Å². The molecule has 1 amide bonds. The van der Waals surface area contributed by atoms with E-state index >= 15 is 0 Å². The predicted molar refractivity (Wildman–Crippen MR) is 83.2 cm³/mol. The largest absolute Gasteiger partial charge is 0.382 e. The number of hydrogen-bond donors (Lipinski definition) is 2. The SMILES string of the molecule is Cc1ccccc1CNC(=O)c1cc(NC2CC2)ccn1. The van der Waals surface area contributed by atoms with Gasteiger partial charge in [-0.25, -0.2) is 0 Å². The summed E-state index contributed by atoms with van der Waals surface area (Å²) in [5.74, 6) is -0.141.